The zero-order valence-corrected chi connectivity index (χ0v) is 8.10. The molecule has 0 radical (unpaired) electrons. The quantitative estimate of drug-likeness (QED) is 0.331. The third kappa shape index (κ3) is 2.54. The molecule has 5 heteroatoms. The number of nitrogens with two attached hydrogens (primary N) is 1. The van der Waals surface area contributed by atoms with Crippen LogP contribution in [0.5, 0.6) is 0 Å². The van der Waals surface area contributed by atoms with E-state index in [2.05, 4.69) is 9.73 Å². The molecular weight excluding hydrogens is 194 g/mol. The monoisotopic (exact) mass is 203 g/mol. The minimum atomic E-state index is -0.419. The van der Waals surface area contributed by atoms with Gasteiger partial charge in [-0.3, -0.25) is 0 Å². The summed E-state index contributed by atoms with van der Waals surface area (Å²) < 4.78 is 4.53. The summed E-state index contributed by atoms with van der Waals surface area (Å²) in [5.41, 5.74) is 6.48. The fraction of sp³-hybridized carbons (Fsp3) is 0.100. The maximum atomic E-state index is 11.1. The summed E-state index contributed by atoms with van der Waals surface area (Å²) in [6.45, 7) is 0. The Hall–Kier alpha value is -2.35. The van der Waals surface area contributed by atoms with Crippen molar-refractivity contribution in [2.75, 3.05) is 7.11 Å². The Morgan fingerprint density at radius 3 is 2.40 bits per heavy atom. The average Bonchev–Trinajstić information content (AvgIpc) is 2.28. The molecule has 0 aromatic heterocycles. The minimum absolute atomic E-state index is 0.119. The van der Waals surface area contributed by atoms with E-state index in [4.69, 9.17) is 11.0 Å². The van der Waals surface area contributed by atoms with Crippen LogP contribution in [0.25, 0.3) is 0 Å². The van der Waals surface area contributed by atoms with E-state index in [1.807, 2.05) is 0 Å². The highest BCUT2D eigenvalue weighted by atomic mass is 16.5. The zero-order valence-electron chi connectivity index (χ0n) is 8.10. The zero-order chi connectivity index (χ0) is 11.3. The summed E-state index contributed by atoms with van der Waals surface area (Å²) in [5, 5.41) is 8.29. The normalized spacial score (nSPS) is 10.5. The van der Waals surface area contributed by atoms with Crippen molar-refractivity contribution in [3.05, 3.63) is 35.4 Å². The first kappa shape index (κ1) is 10.7. The number of esters is 1. The lowest BCUT2D eigenvalue weighted by molar-refractivity contribution is 0.0601. The van der Waals surface area contributed by atoms with Crippen LogP contribution >= 0.6 is 0 Å². The van der Waals surface area contributed by atoms with Crippen LogP contribution in [0.1, 0.15) is 15.9 Å². The second kappa shape index (κ2) is 4.77. The van der Waals surface area contributed by atoms with Crippen LogP contribution in [0.4, 0.5) is 0 Å². The van der Waals surface area contributed by atoms with E-state index in [1.165, 1.54) is 7.11 Å². The van der Waals surface area contributed by atoms with Crippen LogP contribution in [0.15, 0.2) is 29.3 Å². The predicted octanol–water partition coefficient (Wildman–Crippen LogP) is 0.660. The average molecular weight is 203 g/mol. The fourth-order valence-electron chi connectivity index (χ4n) is 1.01. The Morgan fingerprint density at radius 2 is 1.93 bits per heavy atom. The number of carbonyl (C=O) groups is 1. The van der Waals surface area contributed by atoms with E-state index < -0.39 is 5.97 Å². The predicted molar refractivity (Wildman–Crippen MR) is 54.1 cm³/mol. The molecule has 0 fully saturated rings. The molecule has 76 valence electrons. The highest BCUT2D eigenvalue weighted by Crippen LogP contribution is 2.05. The van der Waals surface area contributed by atoms with Gasteiger partial charge < -0.3 is 10.5 Å². The van der Waals surface area contributed by atoms with Crippen molar-refractivity contribution in [2.45, 2.75) is 0 Å². The number of nitriles is 1. The van der Waals surface area contributed by atoms with Crippen molar-refractivity contribution in [2.24, 2.45) is 10.7 Å². The number of benzene rings is 1. The molecule has 0 heterocycles. The van der Waals surface area contributed by atoms with E-state index >= 15 is 0 Å². The lowest BCUT2D eigenvalue weighted by atomic mass is 10.1. The van der Waals surface area contributed by atoms with E-state index in [1.54, 1.807) is 30.5 Å². The number of rotatable bonds is 2. The van der Waals surface area contributed by atoms with Gasteiger partial charge in [0, 0.05) is 5.56 Å². The van der Waals surface area contributed by atoms with Crippen molar-refractivity contribution in [3.8, 4) is 6.19 Å². The number of aliphatic imine (C=N–C) groups is 1. The molecule has 5 nitrogen and oxygen atoms in total. The van der Waals surface area contributed by atoms with E-state index in [0.29, 0.717) is 11.1 Å². The van der Waals surface area contributed by atoms with Gasteiger partial charge in [0.25, 0.3) is 0 Å². The van der Waals surface area contributed by atoms with Crippen LogP contribution < -0.4 is 5.73 Å². The highest BCUT2D eigenvalue weighted by Gasteiger charge is 2.05. The van der Waals surface area contributed by atoms with Crippen LogP contribution in [0.3, 0.4) is 0 Å². The van der Waals surface area contributed by atoms with Crippen molar-refractivity contribution in [3.63, 3.8) is 0 Å². The van der Waals surface area contributed by atoms with Gasteiger partial charge in [0.1, 0.15) is 5.84 Å². The van der Waals surface area contributed by atoms with Crippen molar-refractivity contribution < 1.29 is 9.53 Å². The lowest BCUT2D eigenvalue weighted by Gasteiger charge is -2.01. The second-order valence-corrected chi connectivity index (χ2v) is 2.67. The molecular formula is C10H9N3O2. The lowest BCUT2D eigenvalue weighted by Crippen LogP contribution is -2.13. The topological polar surface area (TPSA) is 88.5 Å². The number of amidine groups is 1. The molecule has 1 aromatic rings. The summed E-state index contributed by atoms with van der Waals surface area (Å²) in [7, 11) is 1.31. The molecule has 0 spiro atoms. The summed E-state index contributed by atoms with van der Waals surface area (Å²) >= 11 is 0. The van der Waals surface area contributed by atoms with Gasteiger partial charge in [-0.15, -0.1) is 0 Å². The SMILES string of the molecule is COC(=O)c1ccc(C(N)=NC#N)cc1. The number of methoxy groups -OCH3 is 1. The third-order valence-electron chi connectivity index (χ3n) is 1.77. The highest BCUT2D eigenvalue weighted by molar-refractivity contribution is 5.99. The number of hydrogen-bond acceptors (Lipinski definition) is 4. The van der Waals surface area contributed by atoms with E-state index in [9.17, 15) is 4.79 Å². The summed E-state index contributed by atoms with van der Waals surface area (Å²) in [5.74, 6) is -0.300. The molecule has 0 aliphatic rings. The van der Waals surface area contributed by atoms with Crippen LogP contribution in [-0.2, 0) is 4.74 Å². The van der Waals surface area contributed by atoms with Gasteiger partial charge in [-0.2, -0.15) is 10.3 Å². The third-order valence-corrected chi connectivity index (χ3v) is 1.77. The van der Waals surface area contributed by atoms with Gasteiger partial charge in [0.2, 0.25) is 6.19 Å². The van der Waals surface area contributed by atoms with Gasteiger partial charge in [-0.25, -0.2) is 4.79 Å². The van der Waals surface area contributed by atoms with Gasteiger partial charge in [0.05, 0.1) is 12.7 Å². The second-order valence-electron chi connectivity index (χ2n) is 2.67. The first-order valence-electron chi connectivity index (χ1n) is 4.10. The molecule has 15 heavy (non-hydrogen) atoms. The Morgan fingerprint density at radius 1 is 1.40 bits per heavy atom. The Kier molecular flexibility index (Phi) is 3.41. The number of ether oxygens (including phenoxy) is 1. The van der Waals surface area contributed by atoms with Crippen LogP contribution in [0, 0.1) is 11.5 Å². The molecule has 1 rings (SSSR count). The number of hydrogen-bond donors (Lipinski definition) is 1. The van der Waals surface area contributed by atoms with E-state index in [0.717, 1.165) is 0 Å². The van der Waals surface area contributed by atoms with Crippen LogP contribution in [-0.4, -0.2) is 18.9 Å². The van der Waals surface area contributed by atoms with Gasteiger partial charge >= 0.3 is 5.97 Å². The van der Waals surface area contributed by atoms with Crippen molar-refractivity contribution >= 4 is 11.8 Å². The maximum Gasteiger partial charge on any atom is 0.337 e. The molecule has 2 N–H and O–H groups in total. The van der Waals surface area contributed by atoms with Gasteiger partial charge in [-0.05, 0) is 12.1 Å². The fourth-order valence-corrected chi connectivity index (χ4v) is 1.01. The molecule has 0 saturated carbocycles. The molecule has 0 aliphatic heterocycles. The molecule has 0 aliphatic carbocycles. The Balaban J connectivity index is 2.96. The maximum absolute atomic E-state index is 11.1. The first-order chi connectivity index (χ1) is 7.19. The number of carbonyl (C=O) groups excluding carboxylic acids is 1. The van der Waals surface area contributed by atoms with Gasteiger partial charge in [-0.1, -0.05) is 12.1 Å². The standard InChI is InChI=1S/C10H9N3O2/c1-15-10(14)8-4-2-7(3-5-8)9(12)13-6-11/h2-5H,1H3,(H2,12,13). The largest absolute Gasteiger partial charge is 0.465 e. The smallest absolute Gasteiger partial charge is 0.337 e. The molecule has 0 unspecified atom stereocenters. The first-order valence-corrected chi connectivity index (χ1v) is 4.10. The summed E-state index contributed by atoms with van der Waals surface area (Å²) in [6.07, 6.45) is 1.59. The molecule has 1 aromatic carbocycles. The molecule has 0 saturated heterocycles. The van der Waals surface area contributed by atoms with Gasteiger partial charge in [0.15, 0.2) is 0 Å². The number of nitrogens with zero attached hydrogens (tertiary/aromatic N) is 2. The summed E-state index contributed by atoms with van der Waals surface area (Å²) in [6, 6.07) is 6.31. The molecule has 0 amide bonds. The Bertz CT molecular complexity index is 429. The van der Waals surface area contributed by atoms with Crippen molar-refractivity contribution in [1.82, 2.24) is 0 Å². The Labute approximate surface area is 86.8 Å². The molecule has 0 bridgehead atoms. The van der Waals surface area contributed by atoms with Crippen LogP contribution in [0.2, 0.25) is 0 Å². The van der Waals surface area contributed by atoms with Crippen molar-refractivity contribution in [1.29, 1.82) is 5.26 Å². The minimum Gasteiger partial charge on any atom is -0.465 e. The molecule has 0 atom stereocenters. The summed E-state index contributed by atoms with van der Waals surface area (Å²) in [4.78, 5) is 14.5. The van der Waals surface area contributed by atoms with E-state index in [-0.39, 0.29) is 5.84 Å².